The molecule has 1 fully saturated rings. The van der Waals surface area contributed by atoms with Gasteiger partial charge in [-0.05, 0) is 34.7 Å². The average molecular weight is 384 g/mol. The van der Waals surface area contributed by atoms with Gasteiger partial charge in [-0.25, -0.2) is 0 Å². The van der Waals surface area contributed by atoms with Crippen molar-refractivity contribution < 1.29 is 0 Å². The monoisotopic (exact) mass is 383 g/mol. The number of rotatable bonds is 5. The Balaban J connectivity index is 1.69. The number of benzene rings is 3. The van der Waals surface area contributed by atoms with Crippen LogP contribution < -0.4 is 10.2 Å². The Morgan fingerprint density at radius 1 is 0.897 bits per heavy atom. The molecule has 0 amide bonds. The van der Waals surface area contributed by atoms with E-state index in [1.165, 1.54) is 22.4 Å². The van der Waals surface area contributed by atoms with E-state index in [4.69, 9.17) is 4.99 Å². The second kappa shape index (κ2) is 9.06. The number of para-hydroxylation sites is 1. The molecule has 0 spiro atoms. The molecule has 0 aromatic heterocycles. The Morgan fingerprint density at radius 2 is 1.55 bits per heavy atom. The third-order valence-electron chi connectivity index (χ3n) is 5.49. The van der Waals surface area contributed by atoms with Gasteiger partial charge in [-0.15, -0.1) is 0 Å². The lowest BCUT2D eigenvalue weighted by Crippen LogP contribution is -2.50. The summed E-state index contributed by atoms with van der Waals surface area (Å²) < 4.78 is 0. The quantitative estimate of drug-likeness (QED) is 0.625. The molecule has 4 rings (SSSR count). The van der Waals surface area contributed by atoms with E-state index in [-0.39, 0.29) is 6.04 Å². The standard InChI is InChI=1S/C26H29N3/c1-20(2)22-13-15-23(16-14-22)25-26(28-19-21-9-5-3-6-10-21)29(18-17-27-25)24-11-7-4-8-12-24/h3-16,20,25,27H,17-19H2,1-2H3. The molecule has 3 nitrogen and oxygen atoms in total. The maximum atomic E-state index is 5.11. The molecular weight excluding hydrogens is 354 g/mol. The molecule has 0 bridgehead atoms. The van der Waals surface area contributed by atoms with E-state index in [0.29, 0.717) is 12.5 Å². The highest BCUT2D eigenvalue weighted by molar-refractivity contribution is 6.02. The van der Waals surface area contributed by atoms with Crippen LogP contribution >= 0.6 is 0 Å². The van der Waals surface area contributed by atoms with E-state index in [2.05, 4.69) is 103 Å². The molecule has 0 aliphatic carbocycles. The van der Waals surface area contributed by atoms with Gasteiger partial charge in [-0.1, -0.05) is 86.6 Å². The van der Waals surface area contributed by atoms with Crippen LogP contribution in [0.4, 0.5) is 5.69 Å². The van der Waals surface area contributed by atoms with Crippen molar-refractivity contribution in [2.75, 3.05) is 18.0 Å². The molecule has 1 N–H and O–H groups in total. The zero-order valence-corrected chi connectivity index (χ0v) is 17.3. The number of hydrogen-bond donors (Lipinski definition) is 1. The van der Waals surface area contributed by atoms with Gasteiger partial charge in [0, 0.05) is 18.8 Å². The van der Waals surface area contributed by atoms with Crippen molar-refractivity contribution in [1.29, 1.82) is 0 Å². The highest BCUT2D eigenvalue weighted by Crippen LogP contribution is 2.27. The predicted molar refractivity (Wildman–Crippen MR) is 123 cm³/mol. The number of amidine groups is 1. The maximum absolute atomic E-state index is 5.11. The number of anilines is 1. The number of aliphatic imine (C=N–C) groups is 1. The minimum absolute atomic E-state index is 0.0916. The normalized spacial score (nSPS) is 18.4. The van der Waals surface area contributed by atoms with Crippen molar-refractivity contribution in [1.82, 2.24) is 5.32 Å². The van der Waals surface area contributed by atoms with Crippen molar-refractivity contribution in [3.05, 3.63) is 102 Å². The van der Waals surface area contributed by atoms with Crippen LogP contribution in [0.1, 0.15) is 42.5 Å². The second-order valence-corrected chi connectivity index (χ2v) is 7.86. The molecule has 1 aliphatic heterocycles. The third kappa shape index (κ3) is 4.57. The van der Waals surface area contributed by atoms with Crippen LogP contribution in [0.5, 0.6) is 0 Å². The first kappa shape index (κ1) is 19.4. The summed E-state index contributed by atoms with van der Waals surface area (Å²) in [6.45, 7) is 6.99. The highest BCUT2D eigenvalue weighted by Gasteiger charge is 2.28. The zero-order valence-electron chi connectivity index (χ0n) is 17.3. The van der Waals surface area contributed by atoms with Gasteiger partial charge in [0.05, 0.1) is 12.6 Å². The average Bonchev–Trinajstić information content (AvgIpc) is 2.79. The van der Waals surface area contributed by atoms with Crippen LogP contribution in [0.25, 0.3) is 0 Å². The van der Waals surface area contributed by atoms with Crippen LogP contribution in [0.15, 0.2) is 89.9 Å². The van der Waals surface area contributed by atoms with Crippen LogP contribution in [-0.4, -0.2) is 18.9 Å². The molecule has 1 atom stereocenters. The predicted octanol–water partition coefficient (Wildman–Crippen LogP) is 5.56. The van der Waals surface area contributed by atoms with Gasteiger partial charge in [-0.3, -0.25) is 4.99 Å². The van der Waals surface area contributed by atoms with Gasteiger partial charge in [-0.2, -0.15) is 0 Å². The number of piperazine rings is 1. The summed E-state index contributed by atoms with van der Waals surface area (Å²) in [7, 11) is 0. The van der Waals surface area contributed by atoms with E-state index < -0.39 is 0 Å². The summed E-state index contributed by atoms with van der Waals surface area (Å²) in [6, 6.07) is 30.2. The molecule has 3 aromatic carbocycles. The molecule has 0 saturated carbocycles. The fourth-order valence-corrected chi connectivity index (χ4v) is 3.82. The fourth-order valence-electron chi connectivity index (χ4n) is 3.82. The molecule has 1 aliphatic rings. The van der Waals surface area contributed by atoms with E-state index in [1.54, 1.807) is 0 Å². The summed E-state index contributed by atoms with van der Waals surface area (Å²) >= 11 is 0. The smallest absolute Gasteiger partial charge is 0.126 e. The SMILES string of the molecule is CC(C)c1ccc(C2NCCN(c3ccccc3)C2=NCc2ccccc2)cc1. The first-order valence-electron chi connectivity index (χ1n) is 10.5. The van der Waals surface area contributed by atoms with E-state index >= 15 is 0 Å². The topological polar surface area (TPSA) is 27.6 Å². The van der Waals surface area contributed by atoms with E-state index in [0.717, 1.165) is 18.9 Å². The van der Waals surface area contributed by atoms with Crippen LogP contribution in [-0.2, 0) is 6.54 Å². The Hall–Kier alpha value is -2.91. The first-order valence-corrected chi connectivity index (χ1v) is 10.5. The Kier molecular flexibility index (Phi) is 6.06. The maximum Gasteiger partial charge on any atom is 0.126 e. The van der Waals surface area contributed by atoms with E-state index in [1.807, 2.05) is 6.07 Å². The van der Waals surface area contributed by atoms with Crippen molar-refractivity contribution in [2.24, 2.45) is 4.99 Å². The van der Waals surface area contributed by atoms with Crippen LogP contribution in [0, 0.1) is 0 Å². The summed E-state index contributed by atoms with van der Waals surface area (Å²) in [4.78, 5) is 7.47. The van der Waals surface area contributed by atoms with E-state index in [9.17, 15) is 0 Å². The lowest BCUT2D eigenvalue weighted by molar-refractivity contribution is 0.599. The van der Waals surface area contributed by atoms with Gasteiger partial charge in [0.25, 0.3) is 0 Å². The second-order valence-electron chi connectivity index (χ2n) is 7.86. The van der Waals surface area contributed by atoms with Gasteiger partial charge in [0.1, 0.15) is 5.84 Å². The van der Waals surface area contributed by atoms with Crippen molar-refractivity contribution in [3.8, 4) is 0 Å². The van der Waals surface area contributed by atoms with Crippen molar-refractivity contribution in [2.45, 2.75) is 32.4 Å². The van der Waals surface area contributed by atoms with Gasteiger partial charge < -0.3 is 10.2 Å². The third-order valence-corrected chi connectivity index (χ3v) is 5.49. The Bertz CT molecular complexity index is 931. The lowest BCUT2D eigenvalue weighted by Gasteiger charge is -2.37. The molecule has 1 unspecified atom stereocenters. The van der Waals surface area contributed by atoms with Gasteiger partial charge >= 0.3 is 0 Å². The fraction of sp³-hybridized carbons (Fsp3) is 0.269. The molecular formula is C26H29N3. The van der Waals surface area contributed by atoms with Crippen molar-refractivity contribution in [3.63, 3.8) is 0 Å². The van der Waals surface area contributed by atoms with Crippen molar-refractivity contribution >= 4 is 11.5 Å². The molecule has 1 saturated heterocycles. The first-order chi connectivity index (χ1) is 14.2. The zero-order chi connectivity index (χ0) is 20.1. The summed E-state index contributed by atoms with van der Waals surface area (Å²) in [5, 5.41) is 3.70. The summed E-state index contributed by atoms with van der Waals surface area (Å²) in [5.74, 6) is 1.62. The molecule has 148 valence electrons. The van der Waals surface area contributed by atoms with Gasteiger partial charge in [0.15, 0.2) is 0 Å². The number of hydrogen-bond acceptors (Lipinski definition) is 2. The largest absolute Gasteiger partial charge is 0.327 e. The minimum Gasteiger partial charge on any atom is -0.327 e. The Labute approximate surface area is 174 Å². The van der Waals surface area contributed by atoms with Crippen LogP contribution in [0.3, 0.4) is 0 Å². The summed E-state index contributed by atoms with van der Waals surface area (Å²) in [6.07, 6.45) is 0. The van der Waals surface area contributed by atoms with Crippen LogP contribution in [0.2, 0.25) is 0 Å². The Morgan fingerprint density at radius 3 is 2.21 bits per heavy atom. The molecule has 1 heterocycles. The highest BCUT2D eigenvalue weighted by atomic mass is 15.3. The minimum atomic E-state index is 0.0916. The summed E-state index contributed by atoms with van der Waals surface area (Å²) in [5.41, 5.74) is 5.06. The molecule has 3 heteroatoms. The lowest BCUT2D eigenvalue weighted by atomic mass is 9.97. The molecule has 0 radical (unpaired) electrons. The molecule has 29 heavy (non-hydrogen) atoms. The van der Waals surface area contributed by atoms with Gasteiger partial charge in [0.2, 0.25) is 0 Å². The molecule has 3 aromatic rings. The number of nitrogens with one attached hydrogen (secondary N) is 1. The number of nitrogens with zero attached hydrogens (tertiary/aromatic N) is 2.